The van der Waals surface area contributed by atoms with Crippen LogP contribution in [0, 0.1) is 0 Å². The minimum Gasteiger partial charge on any atom is -0.486 e. The van der Waals surface area contributed by atoms with Gasteiger partial charge in [0, 0.05) is 31.7 Å². The van der Waals surface area contributed by atoms with E-state index in [9.17, 15) is 4.79 Å². The summed E-state index contributed by atoms with van der Waals surface area (Å²) in [7, 11) is 1.92. The Morgan fingerprint density at radius 2 is 2.16 bits per heavy atom. The van der Waals surface area contributed by atoms with Crippen molar-refractivity contribution in [1.29, 1.82) is 0 Å². The van der Waals surface area contributed by atoms with E-state index in [2.05, 4.69) is 15.6 Å². The van der Waals surface area contributed by atoms with Gasteiger partial charge in [-0.15, -0.1) is 24.8 Å². The molecule has 25 heavy (non-hydrogen) atoms. The van der Waals surface area contributed by atoms with E-state index < -0.39 is 0 Å². The summed E-state index contributed by atoms with van der Waals surface area (Å²) in [5.74, 6) is 1.49. The molecular formula is C16H22Cl2N4O3. The lowest BCUT2D eigenvalue weighted by atomic mass is 10.2. The number of aryl methyl sites for hydroxylation is 1. The fourth-order valence-electron chi connectivity index (χ4n) is 2.28. The summed E-state index contributed by atoms with van der Waals surface area (Å²) in [5, 5.41) is 5.98. The first-order chi connectivity index (χ1) is 11.2. The third-order valence-electron chi connectivity index (χ3n) is 3.65. The van der Waals surface area contributed by atoms with E-state index in [1.807, 2.05) is 42.1 Å². The fourth-order valence-corrected chi connectivity index (χ4v) is 2.28. The molecule has 1 aliphatic heterocycles. The van der Waals surface area contributed by atoms with Crippen LogP contribution in [-0.4, -0.2) is 41.3 Å². The Bertz CT molecular complexity index is 658. The maximum atomic E-state index is 12.1. The first kappa shape index (κ1) is 21.2. The second-order valence-corrected chi connectivity index (χ2v) is 5.34. The van der Waals surface area contributed by atoms with Gasteiger partial charge in [0.1, 0.15) is 24.2 Å². The van der Waals surface area contributed by atoms with Crippen molar-refractivity contribution in [1.82, 2.24) is 14.9 Å². The van der Waals surface area contributed by atoms with E-state index in [0.29, 0.717) is 26.4 Å². The Morgan fingerprint density at radius 3 is 2.76 bits per heavy atom. The zero-order valence-corrected chi connectivity index (χ0v) is 15.4. The van der Waals surface area contributed by atoms with Crippen LogP contribution in [0.3, 0.4) is 0 Å². The average Bonchev–Trinajstić information content (AvgIpc) is 3.00. The molecule has 7 nitrogen and oxygen atoms in total. The molecule has 1 fully saturated rings. The molecule has 0 aliphatic carbocycles. The van der Waals surface area contributed by atoms with Gasteiger partial charge in [0.15, 0.2) is 0 Å². The van der Waals surface area contributed by atoms with Crippen molar-refractivity contribution in [3.63, 3.8) is 0 Å². The number of hydrogen-bond donors (Lipinski definition) is 2. The Kier molecular flexibility index (Phi) is 8.71. The maximum absolute atomic E-state index is 12.1. The number of nitrogens with zero attached hydrogens (tertiary/aromatic N) is 2. The lowest BCUT2D eigenvalue weighted by molar-refractivity contribution is -0.120. The van der Waals surface area contributed by atoms with Crippen molar-refractivity contribution in [2.75, 3.05) is 25.1 Å². The Labute approximate surface area is 158 Å². The molecule has 138 valence electrons. The highest BCUT2D eigenvalue weighted by molar-refractivity contribution is 5.95. The summed E-state index contributed by atoms with van der Waals surface area (Å²) in [6.07, 6.45) is 3.61. The molecule has 2 heterocycles. The summed E-state index contributed by atoms with van der Waals surface area (Å²) in [6, 6.07) is 6.97. The maximum Gasteiger partial charge on any atom is 0.243 e. The van der Waals surface area contributed by atoms with Gasteiger partial charge in [0.2, 0.25) is 5.91 Å². The molecular weight excluding hydrogens is 367 g/mol. The van der Waals surface area contributed by atoms with Crippen molar-refractivity contribution in [3.8, 4) is 5.75 Å². The largest absolute Gasteiger partial charge is 0.486 e. The van der Waals surface area contributed by atoms with Gasteiger partial charge in [0.05, 0.1) is 13.2 Å². The number of amides is 1. The summed E-state index contributed by atoms with van der Waals surface area (Å²) >= 11 is 0. The Balaban J connectivity index is 0.00000156. The topological polar surface area (TPSA) is 77.4 Å². The van der Waals surface area contributed by atoms with E-state index in [1.54, 1.807) is 6.20 Å². The second kappa shape index (κ2) is 10.2. The van der Waals surface area contributed by atoms with E-state index in [-0.39, 0.29) is 36.8 Å². The number of carbonyl (C=O) groups is 1. The normalized spacial score (nSPS) is 16.3. The van der Waals surface area contributed by atoms with Crippen LogP contribution in [0.15, 0.2) is 36.7 Å². The number of hydrogen-bond acceptors (Lipinski definition) is 5. The van der Waals surface area contributed by atoms with Crippen LogP contribution in [-0.2, 0) is 23.2 Å². The molecule has 1 saturated heterocycles. The van der Waals surface area contributed by atoms with Crippen LogP contribution in [0.5, 0.6) is 5.75 Å². The molecule has 1 aromatic heterocycles. The first-order valence-corrected chi connectivity index (χ1v) is 7.53. The van der Waals surface area contributed by atoms with Crippen LogP contribution < -0.4 is 15.4 Å². The van der Waals surface area contributed by atoms with Crippen molar-refractivity contribution in [3.05, 3.63) is 42.5 Å². The zero-order valence-electron chi connectivity index (χ0n) is 13.8. The molecule has 2 N–H and O–H groups in total. The molecule has 1 unspecified atom stereocenters. The molecule has 3 rings (SSSR count). The number of anilines is 1. The van der Waals surface area contributed by atoms with Crippen molar-refractivity contribution < 1.29 is 14.3 Å². The quantitative estimate of drug-likeness (QED) is 0.815. The van der Waals surface area contributed by atoms with Gasteiger partial charge in [-0.1, -0.05) is 0 Å². The number of rotatable bonds is 5. The van der Waals surface area contributed by atoms with E-state index in [4.69, 9.17) is 9.47 Å². The highest BCUT2D eigenvalue weighted by atomic mass is 35.5. The van der Waals surface area contributed by atoms with Gasteiger partial charge < -0.3 is 24.7 Å². The zero-order chi connectivity index (χ0) is 16.1. The van der Waals surface area contributed by atoms with Crippen LogP contribution >= 0.6 is 24.8 Å². The Morgan fingerprint density at radius 1 is 1.40 bits per heavy atom. The number of ether oxygens (including phenoxy) is 2. The summed E-state index contributed by atoms with van der Waals surface area (Å²) in [4.78, 5) is 16.3. The minimum absolute atomic E-state index is 0. The predicted octanol–water partition coefficient (Wildman–Crippen LogP) is 1.77. The number of benzene rings is 1. The molecule has 2 aromatic rings. The van der Waals surface area contributed by atoms with Gasteiger partial charge in [-0.2, -0.15) is 0 Å². The third-order valence-corrected chi connectivity index (χ3v) is 3.65. The Hall–Kier alpha value is -1.80. The number of nitrogens with one attached hydrogen (secondary N) is 2. The SMILES string of the molecule is Cl.Cl.Cn1ccnc1COc1ccc(NC(=O)C2COCCN2)cc1. The highest BCUT2D eigenvalue weighted by Crippen LogP contribution is 2.17. The summed E-state index contributed by atoms with van der Waals surface area (Å²) in [6.45, 7) is 2.14. The first-order valence-electron chi connectivity index (χ1n) is 7.53. The van der Waals surface area contributed by atoms with Crippen molar-refractivity contribution >= 4 is 36.4 Å². The van der Waals surface area contributed by atoms with Gasteiger partial charge in [-0.05, 0) is 24.3 Å². The summed E-state index contributed by atoms with van der Waals surface area (Å²) in [5.41, 5.74) is 0.728. The van der Waals surface area contributed by atoms with Gasteiger partial charge in [0.25, 0.3) is 0 Å². The number of carbonyl (C=O) groups excluding carboxylic acids is 1. The van der Waals surface area contributed by atoms with Crippen molar-refractivity contribution in [2.45, 2.75) is 12.6 Å². The molecule has 0 radical (unpaired) electrons. The van der Waals surface area contributed by atoms with Crippen LogP contribution in [0.4, 0.5) is 5.69 Å². The van der Waals surface area contributed by atoms with Crippen LogP contribution in [0.25, 0.3) is 0 Å². The summed E-state index contributed by atoms with van der Waals surface area (Å²) < 4.78 is 12.9. The molecule has 1 amide bonds. The molecule has 1 aromatic carbocycles. The van der Waals surface area contributed by atoms with E-state index >= 15 is 0 Å². The molecule has 1 aliphatic rings. The number of imidazole rings is 1. The standard InChI is InChI=1S/C16H20N4O3.2ClH/c1-20-8-6-18-15(20)11-23-13-4-2-12(3-5-13)19-16(21)14-10-22-9-7-17-14;;/h2-6,8,14,17H,7,9-11H2,1H3,(H,19,21);2*1H. The molecule has 0 spiro atoms. The van der Waals surface area contributed by atoms with Gasteiger partial charge in [-0.3, -0.25) is 4.79 Å². The van der Waals surface area contributed by atoms with E-state index in [1.165, 1.54) is 0 Å². The predicted molar refractivity (Wildman–Crippen MR) is 99.7 cm³/mol. The average molecular weight is 389 g/mol. The van der Waals surface area contributed by atoms with Gasteiger partial charge >= 0.3 is 0 Å². The molecule has 0 saturated carbocycles. The molecule has 0 bridgehead atoms. The lowest BCUT2D eigenvalue weighted by Gasteiger charge is -2.22. The molecule has 9 heteroatoms. The van der Waals surface area contributed by atoms with E-state index in [0.717, 1.165) is 17.3 Å². The monoisotopic (exact) mass is 388 g/mol. The number of halogens is 2. The fraction of sp³-hybridized carbons (Fsp3) is 0.375. The minimum atomic E-state index is -0.303. The van der Waals surface area contributed by atoms with Gasteiger partial charge in [-0.25, -0.2) is 4.98 Å². The highest BCUT2D eigenvalue weighted by Gasteiger charge is 2.20. The van der Waals surface area contributed by atoms with Crippen LogP contribution in [0.2, 0.25) is 0 Å². The second-order valence-electron chi connectivity index (χ2n) is 5.34. The third kappa shape index (κ3) is 5.89. The van der Waals surface area contributed by atoms with Crippen LogP contribution in [0.1, 0.15) is 5.82 Å². The number of aromatic nitrogens is 2. The molecule has 1 atom stereocenters. The number of morpholine rings is 1. The van der Waals surface area contributed by atoms with Crippen molar-refractivity contribution in [2.24, 2.45) is 7.05 Å². The lowest BCUT2D eigenvalue weighted by Crippen LogP contribution is -2.48. The smallest absolute Gasteiger partial charge is 0.243 e.